The van der Waals surface area contributed by atoms with Crippen molar-refractivity contribution in [3.8, 4) is 17.2 Å². The number of hydrogen-bond donors (Lipinski definition) is 1. The third kappa shape index (κ3) is 8.63. The molecule has 1 N–H and O–H groups in total. The first-order valence-corrected chi connectivity index (χ1v) is 15.7. The molecule has 1 amide bonds. The van der Waals surface area contributed by atoms with Gasteiger partial charge in [0.1, 0.15) is 5.75 Å². The summed E-state index contributed by atoms with van der Waals surface area (Å²) in [6.07, 6.45) is 5.24. The van der Waals surface area contributed by atoms with Crippen molar-refractivity contribution in [1.82, 2.24) is 14.7 Å². The van der Waals surface area contributed by atoms with Crippen LogP contribution < -0.4 is 14.2 Å². The summed E-state index contributed by atoms with van der Waals surface area (Å²) in [5.41, 5.74) is 2.12. The number of likely N-dealkylation sites (tertiary alicyclic amines) is 1. The molecule has 0 radical (unpaired) electrons. The van der Waals surface area contributed by atoms with Crippen molar-refractivity contribution in [2.45, 2.75) is 57.4 Å². The van der Waals surface area contributed by atoms with E-state index in [9.17, 15) is 14.7 Å². The fourth-order valence-corrected chi connectivity index (χ4v) is 6.37. The average Bonchev–Trinajstić information content (AvgIpc) is 3.61. The SMILES string of the molecule is CCCCN(CCCCN(C)C)C(=O)CN1C[C@H](c2ccc3c(c2)CCO3)C(C(=O)O)[C@@H]1CCOc1ccccc1OC. The van der Waals surface area contributed by atoms with Gasteiger partial charge in [-0.15, -0.1) is 0 Å². The molecular formula is C34H49N3O6. The Morgan fingerprint density at radius 1 is 1.05 bits per heavy atom. The second-order valence-electron chi connectivity index (χ2n) is 12.0. The number of rotatable bonds is 17. The Morgan fingerprint density at radius 3 is 2.51 bits per heavy atom. The lowest BCUT2D eigenvalue weighted by atomic mass is 9.83. The van der Waals surface area contributed by atoms with Gasteiger partial charge in [0.05, 0.1) is 32.8 Å². The van der Waals surface area contributed by atoms with Gasteiger partial charge in [-0.1, -0.05) is 37.6 Å². The van der Waals surface area contributed by atoms with Crippen molar-refractivity contribution < 1.29 is 28.9 Å². The van der Waals surface area contributed by atoms with Gasteiger partial charge in [-0.05, 0) is 75.6 Å². The Labute approximate surface area is 256 Å². The Morgan fingerprint density at radius 2 is 1.79 bits per heavy atom. The van der Waals surface area contributed by atoms with E-state index in [0.29, 0.717) is 37.7 Å². The minimum Gasteiger partial charge on any atom is -0.493 e. The number of benzene rings is 2. The zero-order valence-electron chi connectivity index (χ0n) is 26.3. The van der Waals surface area contributed by atoms with Gasteiger partial charge >= 0.3 is 5.97 Å². The summed E-state index contributed by atoms with van der Waals surface area (Å²) >= 11 is 0. The topological polar surface area (TPSA) is 91.8 Å². The number of ether oxygens (including phenoxy) is 3. The molecule has 0 saturated carbocycles. The number of carboxylic acids is 1. The van der Waals surface area contributed by atoms with Crippen LogP contribution in [0.2, 0.25) is 0 Å². The maximum absolute atomic E-state index is 13.8. The fraction of sp³-hybridized carbons (Fsp3) is 0.588. The number of fused-ring (bicyclic) bond motifs is 1. The summed E-state index contributed by atoms with van der Waals surface area (Å²) in [6.45, 7) is 6.24. The number of nitrogens with zero attached hydrogens (tertiary/aromatic N) is 3. The fourth-order valence-electron chi connectivity index (χ4n) is 6.37. The molecule has 2 heterocycles. The highest BCUT2D eigenvalue weighted by Gasteiger charge is 2.47. The Hall–Kier alpha value is -3.30. The van der Waals surface area contributed by atoms with Crippen molar-refractivity contribution in [3.63, 3.8) is 0 Å². The number of carbonyl (C=O) groups excluding carboxylic acids is 1. The second-order valence-corrected chi connectivity index (χ2v) is 12.0. The number of methoxy groups -OCH3 is 1. The lowest BCUT2D eigenvalue weighted by molar-refractivity contribution is -0.144. The van der Waals surface area contributed by atoms with Crippen molar-refractivity contribution in [1.29, 1.82) is 0 Å². The van der Waals surface area contributed by atoms with Crippen LogP contribution in [-0.2, 0) is 16.0 Å². The van der Waals surface area contributed by atoms with E-state index in [4.69, 9.17) is 14.2 Å². The summed E-state index contributed by atoms with van der Waals surface area (Å²) in [4.78, 5) is 32.9. The van der Waals surface area contributed by atoms with Crippen LogP contribution in [0.3, 0.4) is 0 Å². The van der Waals surface area contributed by atoms with E-state index in [2.05, 4.69) is 36.9 Å². The van der Waals surface area contributed by atoms with Crippen molar-refractivity contribution in [3.05, 3.63) is 53.6 Å². The molecule has 1 fully saturated rings. The number of hydrogen-bond acceptors (Lipinski definition) is 7. The van der Waals surface area contributed by atoms with Gasteiger partial charge in [0.25, 0.3) is 0 Å². The standard InChI is InChI=1S/C34H49N3O6/c1-5-6-18-36(19-10-9-17-35(2)3)32(38)24-37-23-27(25-13-14-29-26(22-25)15-20-42-29)33(34(39)40)28(37)16-21-43-31-12-8-7-11-30(31)41-4/h7-8,11-14,22,27-28,33H,5-6,9-10,15-21,23-24H2,1-4H3,(H,39,40)/t27-,28+,33?/m1/s1. The number of carboxylic acid groups (broad SMARTS) is 1. The first kappa shape index (κ1) is 32.6. The first-order valence-electron chi connectivity index (χ1n) is 15.7. The van der Waals surface area contributed by atoms with Crippen LogP contribution >= 0.6 is 0 Å². The lowest BCUT2D eigenvalue weighted by Crippen LogP contribution is -2.45. The van der Waals surface area contributed by atoms with E-state index >= 15 is 0 Å². The molecule has 9 heteroatoms. The van der Waals surface area contributed by atoms with Crippen molar-refractivity contribution in [2.75, 3.05) is 67.1 Å². The summed E-state index contributed by atoms with van der Waals surface area (Å²) in [7, 11) is 5.73. The predicted octanol–water partition coefficient (Wildman–Crippen LogP) is 4.54. The highest BCUT2D eigenvalue weighted by Crippen LogP contribution is 2.41. The number of unbranched alkanes of at least 4 members (excludes halogenated alkanes) is 2. The third-order valence-corrected chi connectivity index (χ3v) is 8.67. The molecule has 43 heavy (non-hydrogen) atoms. The van der Waals surface area contributed by atoms with E-state index < -0.39 is 11.9 Å². The molecule has 0 spiro atoms. The number of amides is 1. The summed E-state index contributed by atoms with van der Waals surface area (Å²) in [5.74, 6) is 0.455. The van der Waals surface area contributed by atoms with E-state index in [0.717, 1.165) is 68.6 Å². The maximum Gasteiger partial charge on any atom is 0.308 e. The number of para-hydroxylation sites is 2. The van der Waals surface area contributed by atoms with Gasteiger partial charge in [-0.25, -0.2) is 0 Å². The summed E-state index contributed by atoms with van der Waals surface area (Å²) < 4.78 is 17.2. The Kier molecular flexibility index (Phi) is 12.1. The quantitative estimate of drug-likeness (QED) is 0.267. The molecule has 0 bridgehead atoms. The van der Waals surface area contributed by atoms with Crippen LogP contribution in [-0.4, -0.2) is 105 Å². The second kappa shape index (κ2) is 16.0. The molecule has 2 aliphatic rings. The smallest absolute Gasteiger partial charge is 0.308 e. The van der Waals surface area contributed by atoms with Gasteiger partial charge in [0, 0.05) is 38.0 Å². The molecule has 0 aromatic heterocycles. The molecule has 2 aliphatic heterocycles. The van der Waals surface area contributed by atoms with E-state index in [1.54, 1.807) is 7.11 Å². The molecule has 9 nitrogen and oxygen atoms in total. The monoisotopic (exact) mass is 595 g/mol. The molecule has 0 aliphatic carbocycles. The molecule has 4 rings (SSSR count). The minimum atomic E-state index is -0.842. The largest absolute Gasteiger partial charge is 0.493 e. The molecular weight excluding hydrogens is 546 g/mol. The van der Waals surface area contributed by atoms with Crippen LogP contribution in [0.15, 0.2) is 42.5 Å². The van der Waals surface area contributed by atoms with Crippen molar-refractivity contribution in [2.24, 2.45) is 5.92 Å². The molecule has 3 atom stereocenters. The van der Waals surface area contributed by atoms with Crippen LogP contribution in [0.1, 0.15) is 56.1 Å². The third-order valence-electron chi connectivity index (χ3n) is 8.67. The Bertz CT molecular complexity index is 1200. The lowest BCUT2D eigenvalue weighted by Gasteiger charge is -2.30. The highest BCUT2D eigenvalue weighted by atomic mass is 16.5. The molecule has 2 aromatic carbocycles. The number of carbonyl (C=O) groups is 2. The summed E-state index contributed by atoms with van der Waals surface area (Å²) in [5, 5.41) is 10.6. The van der Waals surface area contributed by atoms with E-state index in [-0.39, 0.29) is 24.4 Å². The normalized spacial score (nSPS) is 19.7. The van der Waals surface area contributed by atoms with Crippen LogP contribution in [0, 0.1) is 5.92 Å². The molecule has 236 valence electrons. The summed E-state index contributed by atoms with van der Waals surface area (Å²) in [6, 6.07) is 13.2. The Balaban J connectivity index is 1.54. The van der Waals surface area contributed by atoms with Gasteiger partial charge in [-0.3, -0.25) is 14.5 Å². The van der Waals surface area contributed by atoms with Crippen LogP contribution in [0.4, 0.5) is 0 Å². The minimum absolute atomic E-state index is 0.0705. The first-order chi connectivity index (χ1) is 20.8. The number of aliphatic carboxylic acids is 1. The molecule has 2 aromatic rings. The van der Waals surface area contributed by atoms with Crippen LogP contribution in [0.25, 0.3) is 0 Å². The van der Waals surface area contributed by atoms with Gasteiger partial charge in [0.2, 0.25) is 5.91 Å². The van der Waals surface area contributed by atoms with Gasteiger partial charge < -0.3 is 29.1 Å². The molecule has 1 unspecified atom stereocenters. The predicted molar refractivity (Wildman–Crippen MR) is 167 cm³/mol. The zero-order valence-corrected chi connectivity index (χ0v) is 26.3. The van der Waals surface area contributed by atoms with Gasteiger partial charge in [0.15, 0.2) is 11.5 Å². The zero-order chi connectivity index (χ0) is 30.8. The average molecular weight is 596 g/mol. The van der Waals surface area contributed by atoms with Crippen LogP contribution in [0.5, 0.6) is 17.2 Å². The molecule has 1 saturated heterocycles. The highest BCUT2D eigenvalue weighted by molar-refractivity contribution is 5.79. The van der Waals surface area contributed by atoms with Gasteiger partial charge in [-0.2, -0.15) is 0 Å². The van der Waals surface area contributed by atoms with Crippen molar-refractivity contribution >= 4 is 11.9 Å². The van der Waals surface area contributed by atoms with E-state index in [1.807, 2.05) is 41.3 Å². The van der Waals surface area contributed by atoms with E-state index in [1.165, 1.54) is 0 Å². The maximum atomic E-state index is 13.8.